The predicted molar refractivity (Wildman–Crippen MR) is 84.4 cm³/mol. The van der Waals surface area contributed by atoms with E-state index in [0.29, 0.717) is 19.4 Å². The summed E-state index contributed by atoms with van der Waals surface area (Å²) in [7, 11) is 1.37. The van der Waals surface area contributed by atoms with Gasteiger partial charge in [-0.25, -0.2) is 4.79 Å². The highest BCUT2D eigenvalue weighted by Gasteiger charge is 2.34. The number of benzene rings is 2. The van der Waals surface area contributed by atoms with Gasteiger partial charge in [-0.3, -0.25) is 4.79 Å². The van der Waals surface area contributed by atoms with Gasteiger partial charge in [0.1, 0.15) is 6.04 Å². The summed E-state index contributed by atoms with van der Waals surface area (Å²) < 4.78 is 4.80. The lowest BCUT2D eigenvalue weighted by Crippen LogP contribution is -2.41. The van der Waals surface area contributed by atoms with Gasteiger partial charge in [-0.15, -0.1) is 0 Å². The van der Waals surface area contributed by atoms with E-state index in [1.807, 2.05) is 42.5 Å². The molecule has 0 bridgehead atoms. The van der Waals surface area contributed by atoms with Crippen molar-refractivity contribution in [2.75, 3.05) is 13.7 Å². The Bertz CT molecular complexity index is 705. The first kappa shape index (κ1) is 14.6. The number of methoxy groups -OCH3 is 1. The number of carbonyl (C=O) groups excluding carboxylic acids is 2. The van der Waals surface area contributed by atoms with Crippen molar-refractivity contribution in [3.05, 3.63) is 48.0 Å². The summed E-state index contributed by atoms with van der Waals surface area (Å²) in [5.74, 6) is -0.326. The highest BCUT2D eigenvalue weighted by Crippen LogP contribution is 2.23. The Morgan fingerprint density at radius 3 is 2.77 bits per heavy atom. The van der Waals surface area contributed by atoms with Gasteiger partial charge < -0.3 is 9.64 Å². The van der Waals surface area contributed by atoms with Gasteiger partial charge in [0.25, 0.3) is 0 Å². The molecule has 0 radical (unpaired) electrons. The molecular formula is C18H19NO3. The van der Waals surface area contributed by atoms with Crippen molar-refractivity contribution in [3.8, 4) is 0 Å². The third-order valence-corrected chi connectivity index (χ3v) is 4.27. The summed E-state index contributed by atoms with van der Waals surface area (Å²) in [6.45, 7) is 0.628. The van der Waals surface area contributed by atoms with Gasteiger partial charge in [0.2, 0.25) is 5.91 Å². The molecule has 0 aromatic heterocycles. The normalized spacial score (nSPS) is 17.7. The number of nitrogens with zero attached hydrogens (tertiary/aromatic N) is 1. The summed E-state index contributed by atoms with van der Waals surface area (Å²) in [5, 5.41) is 2.21. The second kappa shape index (κ2) is 6.18. The Morgan fingerprint density at radius 1 is 1.18 bits per heavy atom. The maximum atomic E-state index is 12.6. The van der Waals surface area contributed by atoms with E-state index in [-0.39, 0.29) is 11.9 Å². The fourth-order valence-corrected chi connectivity index (χ4v) is 3.16. The molecule has 2 aromatic rings. The molecule has 1 heterocycles. The molecule has 4 nitrogen and oxygen atoms in total. The molecule has 1 saturated heterocycles. The van der Waals surface area contributed by atoms with Crippen LogP contribution in [0.25, 0.3) is 10.8 Å². The van der Waals surface area contributed by atoms with Crippen LogP contribution in [0.2, 0.25) is 0 Å². The molecule has 0 N–H and O–H groups in total. The van der Waals surface area contributed by atoms with E-state index < -0.39 is 6.04 Å². The van der Waals surface area contributed by atoms with Gasteiger partial charge >= 0.3 is 5.97 Å². The number of rotatable bonds is 3. The Hall–Kier alpha value is -2.36. The van der Waals surface area contributed by atoms with Crippen molar-refractivity contribution in [1.82, 2.24) is 4.90 Å². The molecule has 1 atom stereocenters. The lowest BCUT2D eigenvalue weighted by molar-refractivity contribution is -0.150. The van der Waals surface area contributed by atoms with Gasteiger partial charge in [-0.05, 0) is 29.2 Å². The standard InChI is InChI=1S/C18H19NO3/c1-22-18(21)16-10-5-11-19(16)17(20)12-14-8-4-7-13-6-2-3-9-15(13)14/h2-4,6-9,16H,5,10-12H2,1H3/t16-/m0/s1. The first-order valence-corrected chi connectivity index (χ1v) is 7.54. The highest BCUT2D eigenvalue weighted by atomic mass is 16.5. The summed E-state index contributed by atoms with van der Waals surface area (Å²) >= 11 is 0. The largest absolute Gasteiger partial charge is 0.467 e. The topological polar surface area (TPSA) is 46.6 Å². The summed E-state index contributed by atoms with van der Waals surface area (Å²) in [4.78, 5) is 26.0. The van der Waals surface area contributed by atoms with Crippen LogP contribution in [-0.2, 0) is 20.7 Å². The molecule has 3 rings (SSSR count). The highest BCUT2D eigenvalue weighted by molar-refractivity contribution is 5.92. The average molecular weight is 297 g/mol. The zero-order chi connectivity index (χ0) is 15.5. The van der Waals surface area contributed by atoms with Crippen LogP contribution >= 0.6 is 0 Å². The second-order valence-corrected chi connectivity index (χ2v) is 5.58. The Kier molecular flexibility index (Phi) is 4.09. The first-order chi connectivity index (χ1) is 10.7. The van der Waals surface area contributed by atoms with Crippen LogP contribution in [0.3, 0.4) is 0 Å². The van der Waals surface area contributed by atoms with Crippen LogP contribution < -0.4 is 0 Å². The van der Waals surface area contributed by atoms with Crippen LogP contribution in [0, 0.1) is 0 Å². The monoisotopic (exact) mass is 297 g/mol. The minimum Gasteiger partial charge on any atom is -0.467 e. The van der Waals surface area contributed by atoms with Gasteiger partial charge in [-0.2, -0.15) is 0 Å². The quantitative estimate of drug-likeness (QED) is 0.818. The van der Waals surface area contributed by atoms with E-state index >= 15 is 0 Å². The lowest BCUT2D eigenvalue weighted by Gasteiger charge is -2.23. The number of hydrogen-bond acceptors (Lipinski definition) is 3. The molecule has 22 heavy (non-hydrogen) atoms. The van der Waals surface area contributed by atoms with Gasteiger partial charge in [0.15, 0.2) is 0 Å². The molecule has 0 unspecified atom stereocenters. The van der Waals surface area contributed by atoms with Crippen LogP contribution in [-0.4, -0.2) is 36.5 Å². The smallest absolute Gasteiger partial charge is 0.328 e. The Morgan fingerprint density at radius 2 is 1.95 bits per heavy atom. The van der Waals surface area contributed by atoms with E-state index in [9.17, 15) is 9.59 Å². The molecule has 2 aromatic carbocycles. The number of ether oxygens (including phenoxy) is 1. The third-order valence-electron chi connectivity index (χ3n) is 4.27. The van der Waals surface area contributed by atoms with Crippen molar-refractivity contribution < 1.29 is 14.3 Å². The van der Waals surface area contributed by atoms with Gasteiger partial charge in [0, 0.05) is 6.54 Å². The Labute approximate surface area is 129 Å². The van der Waals surface area contributed by atoms with E-state index in [0.717, 1.165) is 22.8 Å². The number of amides is 1. The maximum absolute atomic E-state index is 12.6. The van der Waals surface area contributed by atoms with E-state index in [2.05, 4.69) is 0 Å². The molecule has 114 valence electrons. The number of fused-ring (bicyclic) bond motifs is 1. The van der Waals surface area contributed by atoms with Crippen LogP contribution in [0.5, 0.6) is 0 Å². The van der Waals surface area contributed by atoms with E-state index in [4.69, 9.17) is 4.74 Å². The van der Waals surface area contributed by atoms with Crippen molar-refractivity contribution >= 4 is 22.6 Å². The number of likely N-dealkylation sites (tertiary alicyclic amines) is 1. The molecule has 0 saturated carbocycles. The van der Waals surface area contributed by atoms with Crippen molar-refractivity contribution in [3.63, 3.8) is 0 Å². The molecule has 1 aliphatic heterocycles. The van der Waals surface area contributed by atoms with Gasteiger partial charge in [-0.1, -0.05) is 42.5 Å². The summed E-state index contributed by atoms with van der Waals surface area (Å²) in [6.07, 6.45) is 1.85. The van der Waals surface area contributed by atoms with Crippen molar-refractivity contribution in [2.45, 2.75) is 25.3 Å². The zero-order valence-electron chi connectivity index (χ0n) is 12.6. The van der Waals surface area contributed by atoms with Crippen molar-refractivity contribution in [2.24, 2.45) is 0 Å². The van der Waals surface area contributed by atoms with E-state index in [1.165, 1.54) is 7.11 Å². The van der Waals surface area contributed by atoms with E-state index in [1.54, 1.807) is 4.90 Å². The lowest BCUT2D eigenvalue weighted by atomic mass is 10.0. The molecule has 0 spiro atoms. The molecule has 1 aliphatic rings. The molecule has 1 fully saturated rings. The summed E-state index contributed by atoms with van der Waals surface area (Å²) in [6, 6.07) is 13.6. The Balaban J connectivity index is 1.83. The minimum atomic E-state index is -0.424. The van der Waals surface area contributed by atoms with Gasteiger partial charge in [0.05, 0.1) is 13.5 Å². The zero-order valence-corrected chi connectivity index (χ0v) is 12.6. The minimum absolute atomic E-state index is 0.00995. The van der Waals surface area contributed by atoms with Crippen molar-refractivity contribution in [1.29, 1.82) is 0 Å². The number of esters is 1. The maximum Gasteiger partial charge on any atom is 0.328 e. The SMILES string of the molecule is COC(=O)[C@@H]1CCCN1C(=O)Cc1cccc2ccccc12. The van der Waals surface area contributed by atoms with Crippen LogP contribution in [0.15, 0.2) is 42.5 Å². The first-order valence-electron chi connectivity index (χ1n) is 7.54. The molecule has 4 heteroatoms. The number of carbonyl (C=O) groups is 2. The summed E-state index contributed by atoms with van der Waals surface area (Å²) in [5.41, 5.74) is 0.999. The predicted octanol–water partition coefficient (Wildman–Crippen LogP) is 2.55. The molecule has 1 amide bonds. The second-order valence-electron chi connectivity index (χ2n) is 5.58. The fourth-order valence-electron chi connectivity index (χ4n) is 3.16. The van der Waals surface area contributed by atoms with Crippen LogP contribution in [0.4, 0.5) is 0 Å². The molecular weight excluding hydrogens is 278 g/mol. The third kappa shape index (κ3) is 2.69. The number of hydrogen-bond donors (Lipinski definition) is 0. The van der Waals surface area contributed by atoms with Crippen LogP contribution in [0.1, 0.15) is 18.4 Å². The molecule has 0 aliphatic carbocycles. The average Bonchev–Trinajstić information content (AvgIpc) is 3.04. The fraction of sp³-hybridized carbons (Fsp3) is 0.333.